The molecule has 0 atom stereocenters. The zero-order valence-corrected chi connectivity index (χ0v) is 11.5. The lowest BCUT2D eigenvalue weighted by atomic mass is 10.2. The second-order valence-corrected chi connectivity index (χ2v) is 4.80. The highest BCUT2D eigenvalue weighted by Gasteiger charge is 2.10. The summed E-state index contributed by atoms with van der Waals surface area (Å²) in [6.45, 7) is 1.87. The number of aromatic carboxylic acids is 1. The van der Waals surface area contributed by atoms with Crippen LogP contribution in [-0.4, -0.2) is 11.1 Å². The molecule has 2 rings (SSSR count). The zero-order valence-electron chi connectivity index (χ0n) is 9.98. The summed E-state index contributed by atoms with van der Waals surface area (Å²) in [5, 5.41) is 9.65. The summed E-state index contributed by atoms with van der Waals surface area (Å²) in [6, 6.07) is 9.69. The van der Waals surface area contributed by atoms with E-state index in [0.717, 1.165) is 5.56 Å². The fraction of sp³-hybridized carbons (Fsp3) is 0.0714. The Balaban J connectivity index is 2.29. The third-order valence-corrected chi connectivity index (χ3v) is 3.08. The summed E-state index contributed by atoms with van der Waals surface area (Å²) in [4.78, 5) is 10.8. The fourth-order valence-electron chi connectivity index (χ4n) is 1.59. The predicted octanol–water partition coefficient (Wildman–Crippen LogP) is 4.79. The van der Waals surface area contributed by atoms with E-state index < -0.39 is 5.97 Å². The van der Waals surface area contributed by atoms with Gasteiger partial charge in [0.25, 0.3) is 0 Å². The van der Waals surface area contributed by atoms with Gasteiger partial charge in [-0.2, -0.15) is 0 Å². The quantitative estimate of drug-likeness (QED) is 0.885. The Labute approximate surface area is 120 Å². The Morgan fingerprint density at radius 2 is 1.89 bits per heavy atom. The molecule has 0 spiro atoms. The molecule has 0 radical (unpaired) electrons. The molecule has 0 unspecified atom stereocenters. The molecule has 2 aromatic carbocycles. The van der Waals surface area contributed by atoms with Crippen LogP contribution in [0.2, 0.25) is 10.0 Å². The van der Waals surface area contributed by atoms with Crippen molar-refractivity contribution in [3.05, 3.63) is 57.6 Å². The normalized spacial score (nSPS) is 10.3. The van der Waals surface area contributed by atoms with Crippen molar-refractivity contribution in [2.45, 2.75) is 6.92 Å². The molecule has 1 N–H and O–H groups in total. The molecule has 0 bridgehead atoms. The first-order chi connectivity index (χ1) is 8.97. The van der Waals surface area contributed by atoms with Gasteiger partial charge < -0.3 is 9.84 Å². The first-order valence-corrected chi connectivity index (χ1v) is 6.20. The third kappa shape index (κ3) is 3.19. The molecule has 0 aliphatic heterocycles. The van der Waals surface area contributed by atoms with Crippen molar-refractivity contribution in [2.24, 2.45) is 0 Å². The van der Waals surface area contributed by atoms with E-state index in [9.17, 15) is 4.79 Å². The lowest BCUT2D eigenvalue weighted by Gasteiger charge is -2.10. The molecule has 5 heteroatoms. The maximum Gasteiger partial charge on any atom is 0.337 e. The molecule has 0 amide bonds. The van der Waals surface area contributed by atoms with E-state index in [2.05, 4.69) is 0 Å². The highest BCUT2D eigenvalue weighted by atomic mass is 35.5. The maximum atomic E-state index is 10.8. The summed E-state index contributed by atoms with van der Waals surface area (Å²) in [7, 11) is 0. The Morgan fingerprint density at radius 1 is 1.16 bits per heavy atom. The molecule has 0 aliphatic carbocycles. The maximum absolute atomic E-state index is 10.8. The van der Waals surface area contributed by atoms with Crippen LogP contribution in [0, 0.1) is 6.92 Å². The van der Waals surface area contributed by atoms with Gasteiger partial charge in [0.05, 0.1) is 10.6 Å². The van der Waals surface area contributed by atoms with E-state index >= 15 is 0 Å². The minimum Gasteiger partial charge on any atom is -0.478 e. The minimum absolute atomic E-state index is 0.0434. The standard InChI is InChI=1S/C14H10Cl2O3/c1-8-6-9(15)2-5-13(8)19-10-3-4-11(14(17)18)12(16)7-10/h2-7H,1H3,(H,17,18). The molecule has 98 valence electrons. The molecule has 2 aromatic rings. The highest BCUT2D eigenvalue weighted by Crippen LogP contribution is 2.30. The van der Waals surface area contributed by atoms with Crippen molar-refractivity contribution in [1.29, 1.82) is 0 Å². The van der Waals surface area contributed by atoms with E-state index in [-0.39, 0.29) is 10.6 Å². The summed E-state index contributed by atoms with van der Waals surface area (Å²) in [5.41, 5.74) is 0.924. The van der Waals surface area contributed by atoms with Gasteiger partial charge >= 0.3 is 5.97 Å². The largest absolute Gasteiger partial charge is 0.478 e. The van der Waals surface area contributed by atoms with Gasteiger partial charge in [0.1, 0.15) is 11.5 Å². The number of carboxylic acids is 1. The van der Waals surface area contributed by atoms with Crippen molar-refractivity contribution in [3.63, 3.8) is 0 Å². The molecule has 0 aliphatic rings. The van der Waals surface area contributed by atoms with Crippen LogP contribution in [0.5, 0.6) is 11.5 Å². The van der Waals surface area contributed by atoms with Crippen molar-refractivity contribution in [3.8, 4) is 11.5 Å². The molecule has 0 aromatic heterocycles. The van der Waals surface area contributed by atoms with Gasteiger partial charge in [-0.15, -0.1) is 0 Å². The minimum atomic E-state index is -1.07. The Kier molecular flexibility index (Phi) is 3.98. The number of carboxylic acid groups (broad SMARTS) is 1. The van der Waals surface area contributed by atoms with Gasteiger partial charge in [0.2, 0.25) is 0 Å². The molecule has 0 saturated carbocycles. The summed E-state index contributed by atoms with van der Waals surface area (Å²) >= 11 is 11.7. The van der Waals surface area contributed by atoms with Gasteiger partial charge in [-0.1, -0.05) is 23.2 Å². The first-order valence-electron chi connectivity index (χ1n) is 5.44. The van der Waals surface area contributed by atoms with Gasteiger partial charge in [-0.05, 0) is 42.8 Å². The van der Waals surface area contributed by atoms with Crippen LogP contribution in [0.25, 0.3) is 0 Å². The molecular weight excluding hydrogens is 287 g/mol. The number of hydrogen-bond acceptors (Lipinski definition) is 2. The van der Waals surface area contributed by atoms with Crippen LogP contribution < -0.4 is 4.74 Å². The van der Waals surface area contributed by atoms with E-state index in [0.29, 0.717) is 16.5 Å². The topological polar surface area (TPSA) is 46.5 Å². The lowest BCUT2D eigenvalue weighted by molar-refractivity contribution is 0.0697. The van der Waals surface area contributed by atoms with Crippen molar-refractivity contribution < 1.29 is 14.6 Å². The second kappa shape index (κ2) is 5.51. The average molecular weight is 297 g/mol. The molecule has 0 saturated heterocycles. The zero-order chi connectivity index (χ0) is 14.0. The van der Waals surface area contributed by atoms with E-state index in [1.165, 1.54) is 12.1 Å². The molecule has 0 heterocycles. The number of carbonyl (C=O) groups is 1. The molecule has 3 nitrogen and oxygen atoms in total. The highest BCUT2D eigenvalue weighted by molar-refractivity contribution is 6.33. The van der Waals surface area contributed by atoms with E-state index in [4.69, 9.17) is 33.0 Å². The monoisotopic (exact) mass is 296 g/mol. The first kappa shape index (κ1) is 13.7. The van der Waals surface area contributed by atoms with Crippen LogP contribution in [0.3, 0.4) is 0 Å². The molecule has 0 fully saturated rings. The average Bonchev–Trinajstić information content (AvgIpc) is 2.32. The van der Waals surface area contributed by atoms with Gasteiger partial charge in [0, 0.05) is 11.1 Å². The van der Waals surface area contributed by atoms with Crippen LogP contribution in [0.1, 0.15) is 15.9 Å². The van der Waals surface area contributed by atoms with Crippen LogP contribution in [-0.2, 0) is 0 Å². The summed E-state index contributed by atoms with van der Waals surface area (Å²) in [6.07, 6.45) is 0. The van der Waals surface area contributed by atoms with Gasteiger partial charge in [-0.25, -0.2) is 4.79 Å². The van der Waals surface area contributed by atoms with Gasteiger partial charge in [0.15, 0.2) is 0 Å². The predicted molar refractivity (Wildman–Crippen MR) is 74.7 cm³/mol. The van der Waals surface area contributed by atoms with Crippen molar-refractivity contribution in [2.75, 3.05) is 0 Å². The summed E-state index contributed by atoms with van der Waals surface area (Å²) in [5.74, 6) is 0.0446. The molecular formula is C14H10Cl2O3. The second-order valence-electron chi connectivity index (χ2n) is 3.96. The van der Waals surface area contributed by atoms with Crippen LogP contribution in [0.15, 0.2) is 36.4 Å². The Bertz CT molecular complexity index is 639. The van der Waals surface area contributed by atoms with Crippen LogP contribution in [0.4, 0.5) is 0 Å². The fourth-order valence-corrected chi connectivity index (χ4v) is 2.07. The number of aryl methyl sites for hydroxylation is 1. The SMILES string of the molecule is Cc1cc(Cl)ccc1Oc1ccc(C(=O)O)c(Cl)c1. The summed E-state index contributed by atoms with van der Waals surface area (Å²) < 4.78 is 5.64. The van der Waals surface area contributed by atoms with E-state index in [1.807, 2.05) is 6.92 Å². The number of benzene rings is 2. The number of hydrogen-bond donors (Lipinski definition) is 1. The van der Waals surface area contributed by atoms with Crippen LogP contribution >= 0.6 is 23.2 Å². The number of rotatable bonds is 3. The number of ether oxygens (including phenoxy) is 1. The smallest absolute Gasteiger partial charge is 0.337 e. The molecule has 19 heavy (non-hydrogen) atoms. The van der Waals surface area contributed by atoms with Gasteiger partial charge in [-0.3, -0.25) is 0 Å². The van der Waals surface area contributed by atoms with E-state index in [1.54, 1.807) is 24.3 Å². The van der Waals surface area contributed by atoms with Crippen molar-refractivity contribution in [1.82, 2.24) is 0 Å². The third-order valence-electron chi connectivity index (χ3n) is 2.54. The van der Waals surface area contributed by atoms with Crippen molar-refractivity contribution >= 4 is 29.2 Å². The Hall–Kier alpha value is -1.71. The lowest BCUT2D eigenvalue weighted by Crippen LogP contribution is -1.97. The Morgan fingerprint density at radius 3 is 2.47 bits per heavy atom. The number of halogens is 2.